The fourth-order valence-corrected chi connectivity index (χ4v) is 2.35. The van der Waals surface area contributed by atoms with E-state index in [0.717, 1.165) is 30.2 Å². The molecule has 0 saturated carbocycles. The van der Waals surface area contributed by atoms with Gasteiger partial charge in [-0.3, -0.25) is 0 Å². The summed E-state index contributed by atoms with van der Waals surface area (Å²) in [5.41, 5.74) is 0.970. The van der Waals surface area contributed by atoms with Crippen molar-refractivity contribution in [2.75, 3.05) is 6.61 Å². The number of unbranched alkanes of at least 4 members (excludes halogenated alkanes) is 6. The molecule has 0 unspecified atom stereocenters. The van der Waals surface area contributed by atoms with Crippen molar-refractivity contribution in [3.8, 4) is 11.5 Å². The van der Waals surface area contributed by atoms with Crippen LogP contribution in [0.3, 0.4) is 0 Å². The summed E-state index contributed by atoms with van der Waals surface area (Å²) in [6.07, 6.45) is 10.8. The molecule has 2 N–H and O–H groups in total. The first kappa shape index (κ1) is 22.0. The van der Waals surface area contributed by atoms with E-state index >= 15 is 0 Å². The lowest BCUT2D eigenvalue weighted by molar-refractivity contribution is -0.131. The van der Waals surface area contributed by atoms with Crippen molar-refractivity contribution in [3.63, 3.8) is 0 Å². The number of hydrogen-bond acceptors (Lipinski definition) is 3. The predicted octanol–water partition coefficient (Wildman–Crippen LogP) is 5.34. The van der Waals surface area contributed by atoms with Gasteiger partial charge >= 0.3 is 5.97 Å². The quantitative estimate of drug-likeness (QED) is 0.423. The minimum atomic E-state index is -0.981. The van der Waals surface area contributed by atoms with Gasteiger partial charge in [-0.1, -0.05) is 58.1 Å². The minimum absolute atomic E-state index is 0.372. The Morgan fingerprint density at radius 1 is 1.12 bits per heavy atom. The molecule has 1 aromatic rings. The summed E-state index contributed by atoms with van der Waals surface area (Å²) in [7, 11) is 0. The number of benzene rings is 1. The molecule has 0 radical (unpaired) electrons. The molecule has 4 heteroatoms. The van der Waals surface area contributed by atoms with E-state index in [1.165, 1.54) is 38.5 Å². The van der Waals surface area contributed by atoms with Crippen LogP contribution in [-0.2, 0) is 11.2 Å². The first-order valence-electron chi connectivity index (χ1n) is 8.85. The topological polar surface area (TPSA) is 66.8 Å². The summed E-state index contributed by atoms with van der Waals surface area (Å²) >= 11 is 0. The Bertz CT molecular complexity index is 469. The highest BCUT2D eigenvalue weighted by Gasteiger charge is 2.08. The molecule has 0 spiro atoms. The monoisotopic (exact) mass is 336 g/mol. The van der Waals surface area contributed by atoms with Gasteiger partial charge in [0.2, 0.25) is 0 Å². The molecule has 0 saturated heterocycles. The molecule has 1 rings (SSSR count). The van der Waals surface area contributed by atoms with Gasteiger partial charge in [0.05, 0.1) is 6.61 Å². The molecule has 0 atom stereocenters. The lowest BCUT2D eigenvalue weighted by Gasteiger charge is -2.11. The molecular weight excluding hydrogens is 304 g/mol. The van der Waals surface area contributed by atoms with E-state index in [4.69, 9.17) is 9.84 Å². The number of rotatable bonds is 11. The predicted molar refractivity (Wildman–Crippen MR) is 98.8 cm³/mol. The third kappa shape index (κ3) is 10.7. The minimum Gasteiger partial charge on any atom is -0.508 e. The summed E-state index contributed by atoms with van der Waals surface area (Å²) in [5.74, 6) is 0.232. The van der Waals surface area contributed by atoms with Crippen LogP contribution in [0.4, 0.5) is 0 Å². The first-order chi connectivity index (χ1) is 11.6. The Labute approximate surface area is 146 Å². The van der Waals surface area contributed by atoms with Gasteiger partial charge in [0, 0.05) is 11.6 Å². The molecule has 0 aromatic heterocycles. The average Bonchev–Trinajstić information content (AvgIpc) is 2.57. The first-order valence-corrected chi connectivity index (χ1v) is 8.85. The fraction of sp³-hybridized carbons (Fsp3) is 0.550. The van der Waals surface area contributed by atoms with Crippen LogP contribution in [0.5, 0.6) is 11.5 Å². The van der Waals surface area contributed by atoms with Gasteiger partial charge in [0.1, 0.15) is 11.5 Å². The molecule has 136 valence electrons. The second kappa shape index (κ2) is 14.6. The van der Waals surface area contributed by atoms with Crippen LogP contribution in [0, 0.1) is 0 Å². The molecule has 4 nitrogen and oxygen atoms in total. The Kier molecular flexibility index (Phi) is 13.4. The maximum absolute atomic E-state index is 9.91. The van der Waals surface area contributed by atoms with E-state index < -0.39 is 5.97 Å². The van der Waals surface area contributed by atoms with Crippen LogP contribution >= 0.6 is 0 Å². The molecule has 24 heavy (non-hydrogen) atoms. The zero-order chi connectivity index (χ0) is 18.2. The summed E-state index contributed by atoms with van der Waals surface area (Å²) < 4.78 is 5.57. The van der Waals surface area contributed by atoms with E-state index in [-0.39, 0.29) is 0 Å². The molecular formula is C20H32O4. The zero-order valence-electron chi connectivity index (χ0n) is 15.1. The largest absolute Gasteiger partial charge is 0.508 e. The number of carbonyl (C=O) groups is 1. The van der Waals surface area contributed by atoms with E-state index in [9.17, 15) is 9.90 Å². The number of phenols is 1. The average molecular weight is 336 g/mol. The molecule has 1 aromatic carbocycles. The van der Waals surface area contributed by atoms with Gasteiger partial charge in [0.15, 0.2) is 0 Å². The van der Waals surface area contributed by atoms with Crippen LogP contribution in [0.15, 0.2) is 30.9 Å². The van der Waals surface area contributed by atoms with Crippen molar-refractivity contribution >= 4 is 5.97 Å². The number of ether oxygens (including phenoxy) is 1. The SMILES string of the molecule is C=CC(=O)O.CCCCCCCCCc1c(O)cccc1OCC. The summed E-state index contributed by atoms with van der Waals surface area (Å²) in [4.78, 5) is 9.25. The highest BCUT2D eigenvalue weighted by atomic mass is 16.5. The molecule has 0 aliphatic rings. The number of aromatic hydroxyl groups is 1. The number of hydrogen-bond donors (Lipinski definition) is 2. The second-order valence-electron chi connectivity index (χ2n) is 5.60. The van der Waals surface area contributed by atoms with Crippen molar-refractivity contribution in [2.45, 2.75) is 65.2 Å². The molecule has 0 amide bonds. The highest BCUT2D eigenvalue weighted by molar-refractivity contribution is 5.78. The van der Waals surface area contributed by atoms with Crippen molar-refractivity contribution in [2.24, 2.45) is 0 Å². The summed E-state index contributed by atoms with van der Waals surface area (Å²) in [6.45, 7) is 7.82. The van der Waals surface area contributed by atoms with Crippen LogP contribution < -0.4 is 4.74 Å². The van der Waals surface area contributed by atoms with Crippen molar-refractivity contribution in [1.82, 2.24) is 0 Å². The lowest BCUT2D eigenvalue weighted by Crippen LogP contribution is -1.97. The third-order valence-electron chi connectivity index (χ3n) is 3.61. The van der Waals surface area contributed by atoms with Gasteiger partial charge in [-0.05, 0) is 31.9 Å². The van der Waals surface area contributed by atoms with Crippen molar-refractivity contribution < 1.29 is 19.7 Å². The molecule has 0 aliphatic carbocycles. The summed E-state index contributed by atoms with van der Waals surface area (Å²) in [5, 5.41) is 17.5. The Balaban J connectivity index is 0.000000922. The number of carboxylic acid groups (broad SMARTS) is 1. The highest BCUT2D eigenvalue weighted by Crippen LogP contribution is 2.29. The molecule has 0 bridgehead atoms. The third-order valence-corrected chi connectivity index (χ3v) is 3.61. The van der Waals surface area contributed by atoms with Gasteiger partial charge in [-0.2, -0.15) is 0 Å². The van der Waals surface area contributed by atoms with Gasteiger partial charge in [0.25, 0.3) is 0 Å². The van der Waals surface area contributed by atoms with E-state index in [1.54, 1.807) is 6.07 Å². The van der Waals surface area contributed by atoms with Crippen molar-refractivity contribution in [3.05, 3.63) is 36.4 Å². The van der Waals surface area contributed by atoms with Crippen LogP contribution in [0.2, 0.25) is 0 Å². The maximum Gasteiger partial charge on any atom is 0.327 e. The van der Waals surface area contributed by atoms with Crippen molar-refractivity contribution in [1.29, 1.82) is 0 Å². The van der Waals surface area contributed by atoms with E-state index in [0.29, 0.717) is 12.4 Å². The van der Waals surface area contributed by atoms with E-state index in [1.807, 2.05) is 19.1 Å². The van der Waals surface area contributed by atoms with E-state index in [2.05, 4.69) is 13.5 Å². The molecule has 0 fully saturated rings. The maximum atomic E-state index is 9.91. The Morgan fingerprint density at radius 3 is 2.25 bits per heavy atom. The lowest BCUT2D eigenvalue weighted by atomic mass is 10.0. The zero-order valence-corrected chi connectivity index (χ0v) is 15.1. The number of carboxylic acids is 1. The van der Waals surface area contributed by atoms with Crippen LogP contribution in [0.25, 0.3) is 0 Å². The normalized spacial score (nSPS) is 9.75. The smallest absolute Gasteiger partial charge is 0.327 e. The standard InChI is InChI=1S/C17H28O2.C3H4O2/c1-3-5-6-7-8-9-10-12-15-16(18)13-11-14-17(15)19-4-2;1-2-3(4)5/h11,13-14,18H,3-10,12H2,1-2H3;2H,1H2,(H,4,5). The second-order valence-corrected chi connectivity index (χ2v) is 5.60. The summed E-state index contributed by atoms with van der Waals surface area (Å²) in [6, 6.07) is 5.54. The molecule has 0 aliphatic heterocycles. The van der Waals surface area contributed by atoms with Crippen LogP contribution in [-0.4, -0.2) is 22.8 Å². The Hall–Kier alpha value is -1.97. The Morgan fingerprint density at radius 2 is 1.71 bits per heavy atom. The van der Waals surface area contributed by atoms with Gasteiger partial charge in [-0.25, -0.2) is 4.79 Å². The fourth-order valence-electron chi connectivity index (χ4n) is 2.35. The molecule has 0 heterocycles. The number of aliphatic carboxylic acids is 1. The van der Waals surface area contributed by atoms with Gasteiger partial charge in [-0.15, -0.1) is 0 Å². The van der Waals surface area contributed by atoms with Gasteiger partial charge < -0.3 is 14.9 Å². The van der Waals surface area contributed by atoms with Crippen LogP contribution in [0.1, 0.15) is 64.4 Å². The number of phenolic OH excluding ortho intramolecular Hbond substituents is 1.